The number of fused-ring (bicyclic) bond motifs is 1. The topological polar surface area (TPSA) is 91.6 Å². The maximum atomic E-state index is 13.4. The Morgan fingerprint density at radius 1 is 0.946 bits per heavy atom. The molecule has 0 saturated carbocycles. The normalized spacial score (nSPS) is 15.7. The first-order valence-corrected chi connectivity index (χ1v) is 12.0. The van der Waals surface area contributed by atoms with Gasteiger partial charge in [0, 0.05) is 24.6 Å². The van der Waals surface area contributed by atoms with Crippen molar-refractivity contribution in [2.75, 3.05) is 6.61 Å². The highest BCUT2D eigenvalue weighted by molar-refractivity contribution is 6.48. The molecule has 184 valence electrons. The van der Waals surface area contributed by atoms with Crippen LogP contribution >= 0.6 is 0 Å². The van der Waals surface area contributed by atoms with Gasteiger partial charge in [0.25, 0.3) is 5.91 Å². The Hall–Kier alpha value is -4.78. The molecule has 7 nitrogen and oxygen atoms in total. The minimum atomic E-state index is -0.850. The number of hydrogen-bond donors (Lipinski definition) is 1. The van der Waals surface area contributed by atoms with Crippen molar-refractivity contribution in [2.24, 2.45) is 9.98 Å². The summed E-state index contributed by atoms with van der Waals surface area (Å²) in [6, 6.07) is 27.1. The van der Waals surface area contributed by atoms with E-state index in [1.54, 1.807) is 23.2 Å². The molecule has 1 N–H and O–H groups in total. The Balaban J connectivity index is 1.43. The van der Waals surface area contributed by atoms with E-state index in [0.717, 1.165) is 22.4 Å². The number of carbonyl (C=O) groups is 2. The van der Waals surface area contributed by atoms with E-state index in [-0.39, 0.29) is 12.3 Å². The first kappa shape index (κ1) is 23.9. The molecular formula is C30H25N3O4. The molecule has 2 heterocycles. The molecular weight excluding hydrogens is 466 g/mol. The van der Waals surface area contributed by atoms with Crippen molar-refractivity contribution < 1.29 is 19.4 Å². The fourth-order valence-electron chi connectivity index (χ4n) is 4.12. The molecule has 0 bridgehead atoms. The molecule has 3 aromatic rings. The van der Waals surface area contributed by atoms with E-state index >= 15 is 0 Å². The summed E-state index contributed by atoms with van der Waals surface area (Å²) in [5, 5.41) is 8.79. The van der Waals surface area contributed by atoms with Gasteiger partial charge in [-0.2, -0.15) is 0 Å². The van der Waals surface area contributed by atoms with Gasteiger partial charge in [-0.25, -0.2) is 9.98 Å². The highest BCUT2D eigenvalue weighted by Crippen LogP contribution is 2.29. The average molecular weight is 492 g/mol. The zero-order chi connectivity index (χ0) is 25.6. The number of carboxylic acid groups (broad SMARTS) is 1. The number of amides is 1. The Morgan fingerprint density at radius 3 is 2.46 bits per heavy atom. The van der Waals surface area contributed by atoms with Gasteiger partial charge in [-0.15, -0.1) is 0 Å². The van der Waals surface area contributed by atoms with Crippen LogP contribution in [0, 0.1) is 0 Å². The van der Waals surface area contributed by atoms with Crippen LogP contribution < -0.4 is 4.74 Å². The smallest absolute Gasteiger partial charge is 0.303 e. The second kappa shape index (κ2) is 10.9. The summed E-state index contributed by atoms with van der Waals surface area (Å²) in [6.07, 6.45) is 4.49. The SMILES string of the molecule is O=C(O)CCCOc1cccc(C=C2N=C3C(Cc4ccccc4)=NC(c4ccccc4)=CN3C2=O)c1. The van der Waals surface area contributed by atoms with Crippen molar-refractivity contribution in [1.29, 1.82) is 0 Å². The summed E-state index contributed by atoms with van der Waals surface area (Å²) in [5.41, 5.74) is 4.50. The van der Waals surface area contributed by atoms with Crippen LogP contribution in [-0.4, -0.2) is 40.0 Å². The average Bonchev–Trinajstić information content (AvgIpc) is 3.23. The first-order valence-electron chi connectivity index (χ1n) is 12.0. The number of carboxylic acids is 1. The van der Waals surface area contributed by atoms with Gasteiger partial charge in [0.1, 0.15) is 11.4 Å². The van der Waals surface area contributed by atoms with Gasteiger partial charge in [-0.3, -0.25) is 14.5 Å². The van der Waals surface area contributed by atoms with E-state index in [4.69, 9.17) is 14.8 Å². The number of hydrogen-bond acceptors (Lipinski definition) is 5. The maximum absolute atomic E-state index is 13.4. The van der Waals surface area contributed by atoms with Crippen LogP contribution in [-0.2, 0) is 16.0 Å². The first-order chi connectivity index (χ1) is 18.1. The third kappa shape index (κ3) is 5.73. The van der Waals surface area contributed by atoms with Crippen LogP contribution in [0.5, 0.6) is 5.75 Å². The molecule has 2 aliphatic rings. The quantitative estimate of drug-likeness (QED) is 0.329. The van der Waals surface area contributed by atoms with Crippen molar-refractivity contribution in [3.05, 3.63) is 114 Å². The second-order valence-electron chi connectivity index (χ2n) is 8.66. The van der Waals surface area contributed by atoms with Gasteiger partial charge >= 0.3 is 5.97 Å². The van der Waals surface area contributed by atoms with Gasteiger partial charge in [-0.05, 0) is 35.8 Å². The van der Waals surface area contributed by atoms with Crippen molar-refractivity contribution >= 4 is 35.2 Å². The summed E-state index contributed by atoms with van der Waals surface area (Å²) in [5.74, 6) is 0.0581. The lowest BCUT2D eigenvalue weighted by Gasteiger charge is -2.21. The van der Waals surface area contributed by atoms with Crippen LogP contribution in [0.15, 0.2) is 107 Å². The van der Waals surface area contributed by atoms with Crippen molar-refractivity contribution in [1.82, 2.24) is 4.90 Å². The number of benzene rings is 3. The second-order valence-corrected chi connectivity index (χ2v) is 8.66. The van der Waals surface area contributed by atoms with E-state index in [1.165, 1.54) is 0 Å². The van der Waals surface area contributed by atoms with Gasteiger partial charge in [0.2, 0.25) is 0 Å². The summed E-state index contributed by atoms with van der Waals surface area (Å²) in [7, 11) is 0. The largest absolute Gasteiger partial charge is 0.494 e. The number of carbonyl (C=O) groups excluding carboxylic acids is 1. The van der Waals surface area contributed by atoms with Crippen molar-refractivity contribution in [3.63, 3.8) is 0 Å². The molecule has 1 amide bonds. The number of ether oxygens (including phenoxy) is 1. The fraction of sp³-hybridized carbons (Fsp3) is 0.133. The zero-order valence-electron chi connectivity index (χ0n) is 20.1. The monoisotopic (exact) mass is 491 g/mol. The van der Waals surface area contributed by atoms with Crippen LogP contribution in [0.2, 0.25) is 0 Å². The molecule has 37 heavy (non-hydrogen) atoms. The van der Waals surface area contributed by atoms with E-state index in [0.29, 0.717) is 42.4 Å². The lowest BCUT2D eigenvalue weighted by Crippen LogP contribution is -2.36. The lowest BCUT2D eigenvalue weighted by atomic mass is 10.1. The fourth-order valence-corrected chi connectivity index (χ4v) is 4.12. The van der Waals surface area contributed by atoms with Crippen LogP contribution in [0.4, 0.5) is 0 Å². The van der Waals surface area contributed by atoms with Crippen LogP contribution in [0.1, 0.15) is 29.5 Å². The third-order valence-corrected chi connectivity index (χ3v) is 5.91. The predicted octanol–water partition coefficient (Wildman–Crippen LogP) is 5.21. The van der Waals surface area contributed by atoms with E-state index < -0.39 is 5.97 Å². The minimum absolute atomic E-state index is 0.0525. The van der Waals surface area contributed by atoms with Crippen LogP contribution in [0.3, 0.4) is 0 Å². The molecule has 0 aromatic heterocycles. The zero-order valence-corrected chi connectivity index (χ0v) is 20.1. The molecule has 0 unspecified atom stereocenters. The molecule has 2 aliphatic heterocycles. The van der Waals surface area contributed by atoms with Crippen molar-refractivity contribution in [2.45, 2.75) is 19.3 Å². The Labute approximate surface area is 214 Å². The van der Waals surface area contributed by atoms with Crippen molar-refractivity contribution in [3.8, 4) is 5.75 Å². The van der Waals surface area contributed by atoms with E-state index in [9.17, 15) is 9.59 Å². The number of amidine groups is 1. The lowest BCUT2D eigenvalue weighted by molar-refractivity contribution is -0.137. The minimum Gasteiger partial charge on any atom is -0.494 e. The van der Waals surface area contributed by atoms with Gasteiger partial charge in [0.15, 0.2) is 5.84 Å². The Kier molecular flexibility index (Phi) is 7.03. The third-order valence-electron chi connectivity index (χ3n) is 5.91. The van der Waals surface area contributed by atoms with Gasteiger partial charge in [-0.1, -0.05) is 72.8 Å². The summed E-state index contributed by atoms with van der Waals surface area (Å²) in [4.78, 5) is 35.3. The summed E-state index contributed by atoms with van der Waals surface area (Å²) >= 11 is 0. The molecule has 0 aliphatic carbocycles. The molecule has 0 radical (unpaired) electrons. The van der Waals surface area contributed by atoms with Gasteiger partial charge < -0.3 is 9.84 Å². The van der Waals surface area contributed by atoms with Gasteiger partial charge in [0.05, 0.1) is 18.0 Å². The Bertz CT molecular complexity index is 1440. The number of aliphatic imine (C=N–C) groups is 2. The van der Waals surface area contributed by atoms with Crippen LogP contribution in [0.25, 0.3) is 11.8 Å². The predicted molar refractivity (Wildman–Crippen MR) is 143 cm³/mol. The number of rotatable bonds is 9. The molecule has 3 aromatic carbocycles. The van der Waals surface area contributed by atoms with E-state index in [1.807, 2.05) is 78.9 Å². The summed E-state index contributed by atoms with van der Waals surface area (Å²) < 4.78 is 5.68. The highest BCUT2D eigenvalue weighted by atomic mass is 16.5. The van der Waals surface area contributed by atoms with E-state index in [2.05, 4.69) is 4.99 Å². The Morgan fingerprint density at radius 2 is 1.70 bits per heavy atom. The molecule has 0 spiro atoms. The maximum Gasteiger partial charge on any atom is 0.303 e. The summed E-state index contributed by atoms with van der Waals surface area (Å²) in [6.45, 7) is 0.299. The molecule has 0 saturated heterocycles. The number of aliphatic carboxylic acids is 1. The standard InChI is InChI=1S/C30H25N3O4/c34-28(35)15-8-16-37-24-14-7-11-22(17-24)19-26-30(36)33-20-27(23-12-5-2-6-13-23)31-25(29(33)32-26)18-21-9-3-1-4-10-21/h1-7,9-14,17,19-20H,8,15-16,18H2,(H,34,35). The number of nitrogens with zero attached hydrogens (tertiary/aromatic N) is 3. The molecule has 0 atom stereocenters. The molecule has 0 fully saturated rings. The molecule has 5 rings (SSSR count). The highest BCUT2D eigenvalue weighted by Gasteiger charge is 2.35. The molecule has 7 heteroatoms.